The highest BCUT2D eigenvalue weighted by atomic mass is 16.7. The fraction of sp³-hybridized carbons (Fsp3) is 0.857. The van der Waals surface area contributed by atoms with Crippen LogP contribution in [0.3, 0.4) is 0 Å². The predicted octanol–water partition coefficient (Wildman–Crippen LogP) is 1.10. The first-order valence-electron chi connectivity index (χ1n) is 3.47. The Morgan fingerprint density at radius 3 is 2.20 bits per heavy atom. The molecule has 10 heavy (non-hydrogen) atoms. The molecule has 0 saturated carbocycles. The second-order valence-corrected chi connectivity index (χ2v) is 2.74. The van der Waals surface area contributed by atoms with E-state index >= 15 is 0 Å². The van der Waals surface area contributed by atoms with Crippen LogP contribution in [-0.4, -0.2) is 12.0 Å². The van der Waals surface area contributed by atoms with Crippen molar-refractivity contribution in [2.75, 3.05) is 0 Å². The van der Waals surface area contributed by atoms with Crippen LogP contribution in [0.25, 0.3) is 0 Å². The number of carbonyl (C=O) groups excluding carboxylic acids is 1. The normalized spacial score (nSPS) is 13.3. The molecule has 0 radical (unpaired) electrons. The summed E-state index contributed by atoms with van der Waals surface area (Å²) in [5, 5.41) is 0. The third kappa shape index (κ3) is 4.32. The smallest absolute Gasteiger partial charge is 0.321 e. The van der Waals surface area contributed by atoms with E-state index in [4.69, 9.17) is 0 Å². The maximum atomic E-state index is 10.3. The molecule has 1 unspecified atom stereocenters. The molecule has 0 spiro atoms. The Bertz CT molecular complexity index is 112. The zero-order valence-corrected chi connectivity index (χ0v) is 6.97. The van der Waals surface area contributed by atoms with Crippen LogP contribution < -0.4 is 5.48 Å². The molecule has 60 valence electrons. The lowest BCUT2D eigenvalue weighted by Crippen LogP contribution is -2.32. The molecule has 0 aliphatic heterocycles. The topological polar surface area (TPSA) is 38.3 Å². The Labute approximate surface area is 61.7 Å². The number of hydrogen-bond donors (Lipinski definition) is 1. The number of nitrogens with one attached hydrogen (secondary N) is 1. The van der Waals surface area contributed by atoms with E-state index in [0.717, 1.165) is 0 Å². The molecule has 0 aromatic carbocycles. The van der Waals surface area contributed by atoms with Crippen molar-refractivity contribution in [3.05, 3.63) is 0 Å². The van der Waals surface area contributed by atoms with Gasteiger partial charge in [0.15, 0.2) is 0 Å². The molecule has 0 aliphatic rings. The average Bonchev–Trinajstić information content (AvgIpc) is 1.82. The number of hydrogen-bond acceptors (Lipinski definition) is 3. The number of carbonyl (C=O) groups is 1. The van der Waals surface area contributed by atoms with Crippen molar-refractivity contribution in [2.24, 2.45) is 5.92 Å². The van der Waals surface area contributed by atoms with Gasteiger partial charge in [-0.15, -0.1) is 0 Å². The molecule has 1 N–H and O–H groups in total. The van der Waals surface area contributed by atoms with Gasteiger partial charge in [0.05, 0.1) is 0 Å². The van der Waals surface area contributed by atoms with Gasteiger partial charge in [0.25, 0.3) is 0 Å². The van der Waals surface area contributed by atoms with Crippen LogP contribution in [0.15, 0.2) is 0 Å². The summed E-state index contributed by atoms with van der Waals surface area (Å²) in [4.78, 5) is 14.9. The molecule has 3 nitrogen and oxygen atoms in total. The molecule has 0 amide bonds. The summed E-state index contributed by atoms with van der Waals surface area (Å²) in [7, 11) is 0. The van der Waals surface area contributed by atoms with Crippen LogP contribution in [0.5, 0.6) is 0 Å². The molecule has 0 saturated heterocycles. The molecular weight excluding hydrogens is 130 g/mol. The molecule has 0 aliphatic carbocycles. The first kappa shape index (κ1) is 9.43. The first-order valence-corrected chi connectivity index (χ1v) is 3.47. The summed E-state index contributed by atoms with van der Waals surface area (Å²) < 4.78 is 0. The highest BCUT2D eigenvalue weighted by molar-refractivity contribution is 5.65. The molecule has 0 bridgehead atoms. The van der Waals surface area contributed by atoms with E-state index < -0.39 is 0 Å². The summed E-state index contributed by atoms with van der Waals surface area (Å²) in [6.07, 6.45) is 0. The van der Waals surface area contributed by atoms with Gasteiger partial charge in [-0.3, -0.25) is 4.79 Å². The molecule has 3 heteroatoms. The van der Waals surface area contributed by atoms with Crippen molar-refractivity contribution in [1.29, 1.82) is 0 Å². The minimum Gasteiger partial charge on any atom is -0.371 e. The number of rotatable bonds is 3. The van der Waals surface area contributed by atoms with Crippen LogP contribution in [0.2, 0.25) is 0 Å². The van der Waals surface area contributed by atoms with Crippen molar-refractivity contribution >= 4 is 5.97 Å². The van der Waals surface area contributed by atoms with Crippen molar-refractivity contribution in [2.45, 2.75) is 33.7 Å². The van der Waals surface area contributed by atoms with Gasteiger partial charge in [-0.05, 0) is 12.8 Å². The Kier molecular flexibility index (Phi) is 4.03. The fourth-order valence-corrected chi connectivity index (χ4v) is 0.312. The highest BCUT2D eigenvalue weighted by Gasteiger charge is 2.06. The van der Waals surface area contributed by atoms with Gasteiger partial charge >= 0.3 is 5.97 Å². The second kappa shape index (κ2) is 4.28. The minimum atomic E-state index is -0.299. The Balaban J connectivity index is 3.39. The van der Waals surface area contributed by atoms with E-state index in [1.54, 1.807) is 0 Å². The maximum Gasteiger partial charge on any atom is 0.321 e. The predicted molar refractivity (Wildman–Crippen MR) is 39.2 cm³/mol. The molecule has 0 aromatic heterocycles. The standard InChI is InChI=1S/C7H15NO2/c1-5(2)6(3)8-10-7(4)9/h5-6,8H,1-4H3. The minimum absolute atomic E-state index is 0.212. The van der Waals surface area contributed by atoms with Crippen molar-refractivity contribution < 1.29 is 9.63 Å². The molecule has 0 rings (SSSR count). The van der Waals surface area contributed by atoms with Gasteiger partial charge in [-0.2, -0.15) is 5.48 Å². The van der Waals surface area contributed by atoms with E-state index in [-0.39, 0.29) is 12.0 Å². The second-order valence-electron chi connectivity index (χ2n) is 2.74. The Morgan fingerprint density at radius 2 is 1.90 bits per heavy atom. The van der Waals surface area contributed by atoms with Crippen molar-refractivity contribution in [1.82, 2.24) is 5.48 Å². The molecule has 0 heterocycles. The highest BCUT2D eigenvalue weighted by Crippen LogP contribution is 1.98. The molecule has 0 fully saturated rings. The summed E-state index contributed by atoms with van der Waals surface area (Å²) >= 11 is 0. The zero-order chi connectivity index (χ0) is 8.15. The lowest BCUT2D eigenvalue weighted by atomic mass is 10.1. The quantitative estimate of drug-likeness (QED) is 0.604. The van der Waals surface area contributed by atoms with Crippen molar-refractivity contribution in [3.8, 4) is 0 Å². The third-order valence-electron chi connectivity index (χ3n) is 1.39. The van der Waals surface area contributed by atoms with E-state index in [0.29, 0.717) is 5.92 Å². The van der Waals surface area contributed by atoms with Crippen LogP contribution in [-0.2, 0) is 9.63 Å². The van der Waals surface area contributed by atoms with E-state index in [2.05, 4.69) is 24.2 Å². The van der Waals surface area contributed by atoms with Gasteiger partial charge in [-0.1, -0.05) is 13.8 Å². The number of hydroxylamine groups is 1. The lowest BCUT2D eigenvalue weighted by molar-refractivity contribution is -0.150. The van der Waals surface area contributed by atoms with Gasteiger partial charge in [0, 0.05) is 13.0 Å². The van der Waals surface area contributed by atoms with Crippen molar-refractivity contribution in [3.63, 3.8) is 0 Å². The fourth-order valence-electron chi connectivity index (χ4n) is 0.312. The van der Waals surface area contributed by atoms with Crippen LogP contribution in [0, 0.1) is 5.92 Å². The van der Waals surface area contributed by atoms with Gasteiger partial charge < -0.3 is 4.84 Å². The zero-order valence-electron chi connectivity index (χ0n) is 6.97. The van der Waals surface area contributed by atoms with Crippen LogP contribution in [0.4, 0.5) is 0 Å². The largest absolute Gasteiger partial charge is 0.371 e. The summed E-state index contributed by atoms with van der Waals surface area (Å²) in [6, 6.07) is 0.212. The van der Waals surface area contributed by atoms with E-state index in [1.165, 1.54) is 6.92 Å². The average molecular weight is 145 g/mol. The summed E-state index contributed by atoms with van der Waals surface area (Å²) in [5.74, 6) is 0.173. The SMILES string of the molecule is CC(=O)ONC(C)C(C)C. The maximum absolute atomic E-state index is 10.3. The Hall–Kier alpha value is -0.570. The monoisotopic (exact) mass is 145 g/mol. The molecule has 0 aromatic rings. The lowest BCUT2D eigenvalue weighted by Gasteiger charge is -2.15. The van der Waals surface area contributed by atoms with Gasteiger partial charge in [0.1, 0.15) is 0 Å². The molecule has 1 atom stereocenters. The Morgan fingerprint density at radius 1 is 1.40 bits per heavy atom. The molecular formula is C7H15NO2. The summed E-state index contributed by atoms with van der Waals surface area (Å²) in [5.41, 5.74) is 2.63. The van der Waals surface area contributed by atoms with E-state index in [1.807, 2.05) is 6.92 Å². The van der Waals surface area contributed by atoms with E-state index in [9.17, 15) is 4.79 Å². The van der Waals surface area contributed by atoms with Crippen LogP contribution >= 0.6 is 0 Å². The van der Waals surface area contributed by atoms with Crippen LogP contribution in [0.1, 0.15) is 27.7 Å². The van der Waals surface area contributed by atoms with Gasteiger partial charge in [-0.25, -0.2) is 0 Å². The third-order valence-corrected chi connectivity index (χ3v) is 1.39. The van der Waals surface area contributed by atoms with Gasteiger partial charge in [0.2, 0.25) is 0 Å². The summed E-state index contributed by atoms with van der Waals surface area (Å²) in [6.45, 7) is 7.45. The first-order chi connectivity index (χ1) is 4.54.